The van der Waals surface area contributed by atoms with Crippen LogP contribution in [0.3, 0.4) is 0 Å². The Morgan fingerprint density at radius 2 is 1.95 bits per heavy atom. The first-order chi connectivity index (χ1) is 9.47. The fourth-order valence-electron chi connectivity index (χ4n) is 3.16. The number of hydrogen-bond acceptors (Lipinski definition) is 3. The Balaban J connectivity index is 1.92. The summed E-state index contributed by atoms with van der Waals surface area (Å²) in [6.45, 7) is 2.33. The Bertz CT molecular complexity index is 374. The van der Waals surface area contributed by atoms with Gasteiger partial charge in [-0.25, -0.2) is 9.59 Å². The number of aliphatic hydroxyl groups is 1. The minimum atomic E-state index is -1.05. The van der Waals surface area contributed by atoms with Crippen LogP contribution in [0.2, 0.25) is 0 Å². The average Bonchev–Trinajstić information content (AvgIpc) is 2.67. The molecule has 20 heavy (non-hydrogen) atoms. The first kappa shape index (κ1) is 15.1. The molecule has 1 aliphatic carbocycles. The monoisotopic (exact) mass is 284 g/mol. The Labute approximate surface area is 119 Å². The Morgan fingerprint density at radius 1 is 1.20 bits per heavy atom. The molecule has 114 valence electrons. The molecule has 1 heterocycles. The van der Waals surface area contributed by atoms with Gasteiger partial charge in [-0.3, -0.25) is 0 Å². The predicted octanol–water partition coefficient (Wildman–Crippen LogP) is 1.18. The van der Waals surface area contributed by atoms with Crippen LogP contribution in [0.4, 0.5) is 4.79 Å². The Kier molecular flexibility index (Phi) is 4.86. The standard InChI is InChI=1S/C14H24N2O4/c1-9-3-2-4-10(6-5-9)15-14(20)16-8-11(17)7-12(16)13(18)19/h9-12,17H,2-8H2,1H3,(H,15,20)(H,18,19)/t9?,10?,11?,12-/m0/s1. The van der Waals surface area contributed by atoms with Crippen molar-refractivity contribution in [2.24, 2.45) is 5.92 Å². The molecule has 2 aliphatic rings. The minimum Gasteiger partial charge on any atom is -0.480 e. The first-order valence-electron chi connectivity index (χ1n) is 7.45. The number of carboxylic acids is 1. The van der Waals surface area contributed by atoms with E-state index in [0.29, 0.717) is 5.92 Å². The lowest BCUT2D eigenvalue weighted by atomic mass is 10.0. The summed E-state index contributed by atoms with van der Waals surface area (Å²) in [5.41, 5.74) is 0. The number of urea groups is 1. The molecule has 0 aromatic heterocycles. The smallest absolute Gasteiger partial charge is 0.326 e. The van der Waals surface area contributed by atoms with E-state index < -0.39 is 18.1 Å². The lowest BCUT2D eigenvalue weighted by molar-refractivity contribution is -0.141. The number of hydrogen-bond donors (Lipinski definition) is 3. The van der Waals surface area contributed by atoms with Gasteiger partial charge in [-0.05, 0) is 25.2 Å². The average molecular weight is 284 g/mol. The SMILES string of the molecule is CC1CCCC(NC(=O)N2CC(O)C[C@H]2C(=O)O)CC1. The summed E-state index contributed by atoms with van der Waals surface area (Å²) in [5.74, 6) is -0.358. The van der Waals surface area contributed by atoms with E-state index in [0.717, 1.165) is 25.7 Å². The van der Waals surface area contributed by atoms with Gasteiger partial charge in [0.1, 0.15) is 6.04 Å². The summed E-state index contributed by atoms with van der Waals surface area (Å²) >= 11 is 0. The summed E-state index contributed by atoms with van der Waals surface area (Å²) in [4.78, 5) is 24.6. The van der Waals surface area contributed by atoms with Crippen LogP contribution in [-0.2, 0) is 4.79 Å². The Morgan fingerprint density at radius 3 is 2.65 bits per heavy atom. The van der Waals surface area contributed by atoms with Crippen molar-refractivity contribution in [3.8, 4) is 0 Å². The summed E-state index contributed by atoms with van der Waals surface area (Å²) in [6, 6.07) is -1.14. The Hall–Kier alpha value is -1.30. The molecule has 0 aromatic rings. The zero-order valence-electron chi connectivity index (χ0n) is 11.9. The molecule has 3 N–H and O–H groups in total. The van der Waals surface area contributed by atoms with Crippen LogP contribution in [0.5, 0.6) is 0 Å². The quantitative estimate of drug-likeness (QED) is 0.664. The number of carboxylic acid groups (broad SMARTS) is 1. The van der Waals surface area contributed by atoms with E-state index in [2.05, 4.69) is 12.2 Å². The summed E-state index contributed by atoms with van der Waals surface area (Å²) < 4.78 is 0. The number of nitrogens with one attached hydrogen (secondary N) is 1. The van der Waals surface area contributed by atoms with Crippen molar-refractivity contribution in [2.75, 3.05) is 6.54 Å². The molecule has 6 nitrogen and oxygen atoms in total. The van der Waals surface area contributed by atoms with Gasteiger partial charge in [-0.15, -0.1) is 0 Å². The molecular weight excluding hydrogens is 260 g/mol. The van der Waals surface area contributed by atoms with Crippen LogP contribution in [-0.4, -0.2) is 51.8 Å². The highest BCUT2D eigenvalue weighted by Gasteiger charge is 2.39. The fourth-order valence-corrected chi connectivity index (χ4v) is 3.16. The van der Waals surface area contributed by atoms with Crippen LogP contribution in [0.25, 0.3) is 0 Å². The molecule has 1 saturated heterocycles. The molecule has 0 bridgehead atoms. The molecule has 4 atom stereocenters. The van der Waals surface area contributed by atoms with Crippen molar-refractivity contribution >= 4 is 12.0 Å². The number of likely N-dealkylation sites (tertiary alicyclic amines) is 1. The summed E-state index contributed by atoms with van der Waals surface area (Å²) in [7, 11) is 0. The molecule has 0 spiro atoms. The highest BCUT2D eigenvalue weighted by molar-refractivity contribution is 5.83. The third kappa shape index (κ3) is 3.62. The predicted molar refractivity (Wildman–Crippen MR) is 73.3 cm³/mol. The third-order valence-electron chi connectivity index (χ3n) is 4.41. The van der Waals surface area contributed by atoms with E-state index in [1.54, 1.807) is 0 Å². The lowest BCUT2D eigenvalue weighted by Gasteiger charge is -2.25. The molecular formula is C14H24N2O4. The van der Waals surface area contributed by atoms with E-state index in [-0.39, 0.29) is 25.0 Å². The number of carbonyl (C=O) groups is 2. The van der Waals surface area contributed by atoms with Gasteiger partial charge < -0.3 is 20.4 Å². The number of carbonyl (C=O) groups excluding carboxylic acids is 1. The minimum absolute atomic E-state index is 0.103. The van der Waals surface area contributed by atoms with Crippen molar-refractivity contribution in [1.82, 2.24) is 10.2 Å². The van der Waals surface area contributed by atoms with Crippen molar-refractivity contribution in [2.45, 2.75) is 63.6 Å². The van der Waals surface area contributed by atoms with Gasteiger partial charge in [0.15, 0.2) is 0 Å². The van der Waals surface area contributed by atoms with E-state index in [9.17, 15) is 14.7 Å². The maximum absolute atomic E-state index is 12.2. The van der Waals surface area contributed by atoms with Crippen molar-refractivity contribution in [3.63, 3.8) is 0 Å². The molecule has 0 radical (unpaired) electrons. The van der Waals surface area contributed by atoms with Gasteiger partial charge in [0.25, 0.3) is 0 Å². The zero-order valence-corrected chi connectivity index (χ0v) is 11.9. The van der Waals surface area contributed by atoms with Crippen LogP contribution < -0.4 is 5.32 Å². The molecule has 0 aromatic carbocycles. The summed E-state index contributed by atoms with van der Waals surface area (Å²) in [6.07, 6.45) is 4.64. The number of aliphatic carboxylic acids is 1. The van der Waals surface area contributed by atoms with Gasteiger partial charge in [0.05, 0.1) is 6.10 Å². The van der Waals surface area contributed by atoms with E-state index >= 15 is 0 Å². The molecule has 1 aliphatic heterocycles. The number of amides is 2. The molecule has 1 saturated carbocycles. The number of aliphatic hydroxyl groups excluding tert-OH is 1. The van der Waals surface area contributed by atoms with E-state index in [1.807, 2.05) is 0 Å². The summed E-state index contributed by atoms with van der Waals surface area (Å²) in [5, 5.41) is 21.6. The van der Waals surface area contributed by atoms with Crippen molar-refractivity contribution in [1.29, 1.82) is 0 Å². The second-order valence-corrected chi connectivity index (χ2v) is 6.16. The largest absolute Gasteiger partial charge is 0.480 e. The highest BCUT2D eigenvalue weighted by Crippen LogP contribution is 2.24. The van der Waals surface area contributed by atoms with Crippen molar-refractivity contribution in [3.05, 3.63) is 0 Å². The number of β-amino-alcohol motifs (C(OH)–C–C–N with tert-alkyl or cyclic N) is 1. The zero-order chi connectivity index (χ0) is 14.7. The molecule has 2 amide bonds. The number of rotatable bonds is 2. The van der Waals surface area contributed by atoms with Gasteiger partial charge in [-0.1, -0.05) is 19.8 Å². The fraction of sp³-hybridized carbons (Fsp3) is 0.857. The van der Waals surface area contributed by atoms with Gasteiger partial charge in [-0.2, -0.15) is 0 Å². The molecule has 3 unspecified atom stereocenters. The second kappa shape index (κ2) is 6.43. The normalized spacial score (nSPS) is 34.6. The highest BCUT2D eigenvalue weighted by atomic mass is 16.4. The first-order valence-corrected chi connectivity index (χ1v) is 7.45. The molecule has 2 rings (SSSR count). The van der Waals surface area contributed by atoms with Crippen LogP contribution >= 0.6 is 0 Å². The van der Waals surface area contributed by atoms with Crippen LogP contribution in [0, 0.1) is 5.92 Å². The van der Waals surface area contributed by atoms with Gasteiger partial charge in [0.2, 0.25) is 0 Å². The second-order valence-electron chi connectivity index (χ2n) is 6.16. The number of nitrogens with zero attached hydrogens (tertiary/aromatic N) is 1. The van der Waals surface area contributed by atoms with Gasteiger partial charge in [0, 0.05) is 19.0 Å². The van der Waals surface area contributed by atoms with Crippen molar-refractivity contribution < 1.29 is 19.8 Å². The third-order valence-corrected chi connectivity index (χ3v) is 4.41. The maximum Gasteiger partial charge on any atom is 0.326 e. The van der Waals surface area contributed by atoms with E-state index in [1.165, 1.54) is 11.3 Å². The maximum atomic E-state index is 12.2. The van der Waals surface area contributed by atoms with Crippen LogP contribution in [0.1, 0.15) is 45.4 Å². The molecule has 2 fully saturated rings. The molecule has 6 heteroatoms. The van der Waals surface area contributed by atoms with E-state index in [4.69, 9.17) is 5.11 Å². The lowest BCUT2D eigenvalue weighted by Crippen LogP contribution is -2.49. The van der Waals surface area contributed by atoms with Crippen LogP contribution in [0.15, 0.2) is 0 Å². The van der Waals surface area contributed by atoms with Gasteiger partial charge >= 0.3 is 12.0 Å². The topological polar surface area (TPSA) is 89.9 Å².